The summed E-state index contributed by atoms with van der Waals surface area (Å²) in [6, 6.07) is 14.8. The van der Waals surface area contributed by atoms with E-state index in [-0.39, 0.29) is 0 Å². The lowest BCUT2D eigenvalue weighted by molar-refractivity contribution is 0.840. The third kappa shape index (κ3) is 4.49. The van der Waals surface area contributed by atoms with E-state index in [1.54, 1.807) is 17.4 Å². The predicted molar refractivity (Wildman–Crippen MR) is 122 cm³/mol. The van der Waals surface area contributed by atoms with Gasteiger partial charge >= 0.3 is 0 Å². The van der Waals surface area contributed by atoms with Crippen molar-refractivity contribution in [3.63, 3.8) is 0 Å². The van der Waals surface area contributed by atoms with Crippen molar-refractivity contribution in [2.24, 2.45) is 10.1 Å². The van der Waals surface area contributed by atoms with Crippen LogP contribution in [0, 0.1) is 13.8 Å². The van der Waals surface area contributed by atoms with Gasteiger partial charge in [0, 0.05) is 30.7 Å². The van der Waals surface area contributed by atoms with Gasteiger partial charge < -0.3 is 4.90 Å². The first kappa shape index (κ1) is 19.8. The zero-order valence-electron chi connectivity index (χ0n) is 16.9. The molecule has 1 heterocycles. The van der Waals surface area contributed by atoms with Crippen molar-refractivity contribution in [2.75, 3.05) is 25.5 Å². The maximum Gasteiger partial charge on any atom is 0.206 e. The van der Waals surface area contributed by atoms with E-state index in [4.69, 9.17) is 5.10 Å². The molecule has 0 bridgehead atoms. The molecule has 0 aliphatic rings. The highest BCUT2D eigenvalue weighted by Crippen LogP contribution is 2.23. The lowest BCUT2D eigenvalue weighted by atomic mass is 10.1. The van der Waals surface area contributed by atoms with Crippen LogP contribution in [0.3, 0.4) is 0 Å². The Hall–Kier alpha value is -2.92. The van der Waals surface area contributed by atoms with Crippen molar-refractivity contribution in [3.05, 3.63) is 82.0 Å². The van der Waals surface area contributed by atoms with E-state index >= 15 is 0 Å². The van der Waals surface area contributed by atoms with E-state index < -0.39 is 0 Å². The second-order valence-corrected chi connectivity index (χ2v) is 7.71. The molecule has 1 aromatic heterocycles. The van der Waals surface area contributed by atoms with Gasteiger partial charge in [-0.15, -0.1) is 17.9 Å². The van der Waals surface area contributed by atoms with Crippen LogP contribution in [-0.2, 0) is 0 Å². The number of benzene rings is 2. The van der Waals surface area contributed by atoms with Gasteiger partial charge in [0.1, 0.15) is 0 Å². The standard InChI is InChI=1S/C23H26N4S/c1-6-13-24-23-27(25-15-19-8-11-21(12-9-19)26(4)5)22(16-28-23)20-10-7-17(2)18(3)14-20/h6-12,14-16H,1,13H2,2-5H3. The average molecular weight is 391 g/mol. The maximum absolute atomic E-state index is 4.75. The highest BCUT2D eigenvalue weighted by Gasteiger charge is 2.08. The maximum atomic E-state index is 4.75. The molecule has 0 atom stereocenters. The molecule has 0 fully saturated rings. The molecule has 0 saturated heterocycles. The minimum absolute atomic E-state index is 0.569. The highest BCUT2D eigenvalue weighted by molar-refractivity contribution is 7.07. The van der Waals surface area contributed by atoms with Crippen LogP contribution in [0.1, 0.15) is 16.7 Å². The van der Waals surface area contributed by atoms with E-state index in [0.717, 1.165) is 27.3 Å². The molecule has 0 unspecified atom stereocenters. The van der Waals surface area contributed by atoms with Crippen LogP contribution < -0.4 is 9.70 Å². The van der Waals surface area contributed by atoms with Gasteiger partial charge in [-0.3, -0.25) is 4.99 Å². The number of anilines is 1. The normalized spacial score (nSPS) is 11.9. The van der Waals surface area contributed by atoms with E-state index in [2.05, 4.69) is 78.2 Å². The first-order chi connectivity index (χ1) is 13.5. The Morgan fingerprint density at radius 2 is 1.82 bits per heavy atom. The molecule has 0 aliphatic carbocycles. The lowest BCUT2D eigenvalue weighted by Crippen LogP contribution is -2.12. The molecule has 0 N–H and O–H groups in total. The molecule has 0 radical (unpaired) electrons. The fraction of sp³-hybridized carbons (Fsp3) is 0.217. The molecule has 0 amide bonds. The van der Waals surface area contributed by atoms with Crippen LogP contribution in [0.15, 0.2) is 70.6 Å². The molecule has 2 aromatic carbocycles. The summed E-state index contributed by atoms with van der Waals surface area (Å²) in [5.41, 5.74) is 6.94. The smallest absolute Gasteiger partial charge is 0.206 e. The molecular weight excluding hydrogens is 364 g/mol. The summed E-state index contributed by atoms with van der Waals surface area (Å²) in [5, 5.41) is 6.86. The predicted octanol–water partition coefficient (Wildman–Crippen LogP) is 4.87. The van der Waals surface area contributed by atoms with Gasteiger partial charge in [-0.2, -0.15) is 5.10 Å². The first-order valence-electron chi connectivity index (χ1n) is 9.21. The van der Waals surface area contributed by atoms with Gasteiger partial charge in [0.2, 0.25) is 4.80 Å². The minimum Gasteiger partial charge on any atom is -0.378 e. The van der Waals surface area contributed by atoms with E-state index in [0.29, 0.717) is 6.54 Å². The van der Waals surface area contributed by atoms with Crippen molar-refractivity contribution >= 4 is 23.2 Å². The summed E-state index contributed by atoms with van der Waals surface area (Å²) in [7, 11) is 4.07. The molecule has 144 valence electrons. The van der Waals surface area contributed by atoms with Crippen LogP contribution in [0.5, 0.6) is 0 Å². The summed E-state index contributed by atoms with van der Waals surface area (Å²) in [6.07, 6.45) is 3.67. The number of nitrogens with zero attached hydrogens (tertiary/aromatic N) is 4. The number of hydrogen-bond donors (Lipinski definition) is 0. The molecule has 0 saturated carbocycles. The quantitative estimate of drug-likeness (QED) is 0.437. The van der Waals surface area contributed by atoms with Crippen LogP contribution in [0.2, 0.25) is 0 Å². The lowest BCUT2D eigenvalue weighted by Gasteiger charge is -2.11. The van der Waals surface area contributed by atoms with Gasteiger partial charge in [0.15, 0.2) is 0 Å². The number of aromatic nitrogens is 1. The average Bonchev–Trinajstić information content (AvgIpc) is 3.09. The Bertz CT molecular complexity index is 1050. The zero-order chi connectivity index (χ0) is 20.1. The van der Waals surface area contributed by atoms with Gasteiger partial charge in [-0.25, -0.2) is 4.68 Å². The van der Waals surface area contributed by atoms with Gasteiger partial charge in [-0.05, 0) is 48.7 Å². The highest BCUT2D eigenvalue weighted by atomic mass is 32.1. The first-order valence-corrected chi connectivity index (χ1v) is 10.1. The Balaban J connectivity index is 2.03. The second kappa shape index (κ2) is 8.85. The fourth-order valence-corrected chi connectivity index (χ4v) is 3.59. The van der Waals surface area contributed by atoms with Crippen molar-refractivity contribution in [2.45, 2.75) is 13.8 Å². The Morgan fingerprint density at radius 1 is 1.07 bits per heavy atom. The van der Waals surface area contributed by atoms with Crippen LogP contribution in [-0.4, -0.2) is 31.5 Å². The molecule has 0 spiro atoms. The second-order valence-electron chi connectivity index (χ2n) is 6.87. The number of thiazole rings is 1. The zero-order valence-corrected chi connectivity index (χ0v) is 17.7. The monoisotopic (exact) mass is 390 g/mol. The molecular formula is C23H26N4S. The van der Waals surface area contributed by atoms with Crippen LogP contribution >= 0.6 is 11.3 Å². The molecule has 3 rings (SSSR count). The van der Waals surface area contributed by atoms with Crippen molar-refractivity contribution in [1.29, 1.82) is 0 Å². The fourth-order valence-electron chi connectivity index (χ4n) is 2.74. The summed E-state index contributed by atoms with van der Waals surface area (Å²) in [4.78, 5) is 7.54. The Labute approximate surface area is 170 Å². The molecule has 3 aromatic rings. The molecule has 4 nitrogen and oxygen atoms in total. The summed E-state index contributed by atoms with van der Waals surface area (Å²) < 4.78 is 1.91. The van der Waals surface area contributed by atoms with E-state index in [1.807, 2.05) is 25.0 Å². The third-order valence-electron chi connectivity index (χ3n) is 4.58. The topological polar surface area (TPSA) is 32.9 Å². The molecule has 5 heteroatoms. The number of aryl methyl sites for hydroxylation is 2. The number of rotatable bonds is 6. The van der Waals surface area contributed by atoms with Crippen molar-refractivity contribution in [3.8, 4) is 11.3 Å². The largest absolute Gasteiger partial charge is 0.378 e. The molecule has 0 aliphatic heterocycles. The third-order valence-corrected chi connectivity index (χ3v) is 5.43. The number of hydrogen-bond acceptors (Lipinski definition) is 4. The van der Waals surface area contributed by atoms with E-state index in [9.17, 15) is 0 Å². The van der Waals surface area contributed by atoms with Gasteiger partial charge in [-0.1, -0.05) is 30.3 Å². The summed E-state index contributed by atoms with van der Waals surface area (Å²) >= 11 is 1.59. The Morgan fingerprint density at radius 3 is 2.46 bits per heavy atom. The summed E-state index contributed by atoms with van der Waals surface area (Å²) in [6.45, 7) is 8.60. The van der Waals surface area contributed by atoms with Gasteiger partial charge in [0.05, 0.1) is 18.5 Å². The van der Waals surface area contributed by atoms with Crippen molar-refractivity contribution in [1.82, 2.24) is 4.68 Å². The van der Waals surface area contributed by atoms with Crippen LogP contribution in [0.25, 0.3) is 11.3 Å². The van der Waals surface area contributed by atoms with Gasteiger partial charge in [0.25, 0.3) is 0 Å². The Kier molecular flexibility index (Phi) is 6.26. The van der Waals surface area contributed by atoms with Crippen LogP contribution in [0.4, 0.5) is 5.69 Å². The minimum atomic E-state index is 0.569. The SMILES string of the molecule is C=CCN=c1scc(-c2ccc(C)c(C)c2)n1N=Cc1ccc(N(C)C)cc1. The van der Waals surface area contributed by atoms with E-state index in [1.165, 1.54) is 11.1 Å². The summed E-state index contributed by atoms with van der Waals surface area (Å²) in [5.74, 6) is 0. The van der Waals surface area contributed by atoms with Crippen molar-refractivity contribution < 1.29 is 0 Å². The molecule has 28 heavy (non-hydrogen) atoms.